The smallest absolute Gasteiger partial charge is 0.221 e. The van der Waals surface area contributed by atoms with E-state index in [0.717, 1.165) is 28.5 Å². The highest BCUT2D eigenvalue weighted by molar-refractivity contribution is 5.88. The van der Waals surface area contributed by atoms with Crippen molar-refractivity contribution in [3.63, 3.8) is 0 Å². The molecule has 0 fully saturated rings. The third kappa shape index (κ3) is 2.20. The number of nitrogens with two attached hydrogens (primary N) is 1. The van der Waals surface area contributed by atoms with Gasteiger partial charge in [-0.15, -0.1) is 0 Å². The maximum Gasteiger partial charge on any atom is 0.221 e. The van der Waals surface area contributed by atoms with Gasteiger partial charge in [-0.1, -0.05) is 12.1 Å². The molecule has 1 heterocycles. The second-order valence-corrected chi connectivity index (χ2v) is 4.22. The Labute approximate surface area is 106 Å². The number of nitrogens with zero attached hydrogens (tertiary/aromatic N) is 2. The van der Waals surface area contributed by atoms with Crippen LogP contribution in [0.2, 0.25) is 0 Å². The molecule has 1 aromatic heterocycles. The summed E-state index contributed by atoms with van der Waals surface area (Å²) < 4.78 is 1.57. The maximum atomic E-state index is 10.9. The van der Waals surface area contributed by atoms with Crippen LogP contribution in [0.3, 0.4) is 0 Å². The Kier molecular flexibility index (Phi) is 3.06. The predicted molar refractivity (Wildman–Crippen MR) is 71.6 cm³/mol. The lowest BCUT2D eigenvalue weighted by Gasteiger charge is -2.04. The first kappa shape index (κ1) is 12.2. The first-order valence-electron chi connectivity index (χ1n) is 5.68. The van der Waals surface area contributed by atoms with Gasteiger partial charge in [0, 0.05) is 18.2 Å². The van der Waals surface area contributed by atoms with E-state index < -0.39 is 0 Å². The average Bonchev–Trinajstić information content (AvgIpc) is 2.57. The lowest BCUT2D eigenvalue weighted by atomic mass is 10.1. The highest BCUT2D eigenvalue weighted by Gasteiger charge is 2.10. The fraction of sp³-hybridized carbons (Fsp3) is 0.231. The highest BCUT2D eigenvalue weighted by atomic mass is 16.1. The van der Waals surface area contributed by atoms with Crippen LogP contribution in [0.4, 0.5) is 5.69 Å². The summed E-state index contributed by atoms with van der Waals surface area (Å²) in [5, 5.41) is 2.73. The first-order chi connectivity index (χ1) is 8.49. The normalized spacial score (nSPS) is 10.4. The molecule has 0 unspecified atom stereocenters. The number of amides is 1. The Morgan fingerprint density at radius 3 is 2.33 bits per heavy atom. The molecule has 18 heavy (non-hydrogen) atoms. The summed E-state index contributed by atoms with van der Waals surface area (Å²) in [5.74, 6) is 6.52. The number of aryl methyl sites for hydroxylation is 1. The molecular weight excluding hydrogens is 228 g/mol. The molecule has 0 spiro atoms. The van der Waals surface area contributed by atoms with Gasteiger partial charge in [-0.25, -0.2) is 4.98 Å². The number of rotatable bonds is 2. The van der Waals surface area contributed by atoms with E-state index in [0.29, 0.717) is 0 Å². The van der Waals surface area contributed by atoms with Gasteiger partial charge in [-0.2, -0.15) is 0 Å². The Bertz CT molecular complexity index is 584. The Balaban J connectivity index is 2.34. The molecule has 0 atom stereocenters. The summed E-state index contributed by atoms with van der Waals surface area (Å²) in [6.45, 7) is 5.27. The number of carbonyl (C=O) groups is 1. The van der Waals surface area contributed by atoms with Crippen molar-refractivity contribution in [3.05, 3.63) is 35.8 Å². The summed E-state index contributed by atoms with van der Waals surface area (Å²) in [7, 11) is 0. The van der Waals surface area contributed by atoms with Crippen molar-refractivity contribution >= 4 is 11.6 Å². The van der Waals surface area contributed by atoms with Crippen molar-refractivity contribution in [2.45, 2.75) is 20.8 Å². The van der Waals surface area contributed by atoms with Crippen molar-refractivity contribution < 1.29 is 4.79 Å². The fourth-order valence-electron chi connectivity index (χ4n) is 1.84. The lowest BCUT2D eigenvalue weighted by molar-refractivity contribution is -0.114. The van der Waals surface area contributed by atoms with E-state index in [2.05, 4.69) is 10.3 Å². The highest BCUT2D eigenvalue weighted by Crippen LogP contribution is 2.23. The molecule has 0 aliphatic rings. The number of imidazole rings is 1. The van der Waals surface area contributed by atoms with Crippen molar-refractivity contribution in [2.24, 2.45) is 0 Å². The summed E-state index contributed by atoms with van der Waals surface area (Å²) in [4.78, 5) is 15.3. The molecule has 5 heteroatoms. The number of hydrogen-bond acceptors (Lipinski definition) is 3. The summed E-state index contributed by atoms with van der Waals surface area (Å²) in [5.41, 5.74) is 3.53. The van der Waals surface area contributed by atoms with Crippen LogP contribution in [-0.4, -0.2) is 15.6 Å². The maximum absolute atomic E-state index is 10.9. The van der Waals surface area contributed by atoms with Crippen LogP contribution < -0.4 is 11.2 Å². The van der Waals surface area contributed by atoms with Crippen LogP contribution in [0.15, 0.2) is 24.3 Å². The molecular formula is C13H16N4O. The van der Waals surface area contributed by atoms with Crippen LogP contribution in [0.25, 0.3) is 11.3 Å². The van der Waals surface area contributed by atoms with Gasteiger partial charge in [0.25, 0.3) is 0 Å². The van der Waals surface area contributed by atoms with E-state index in [-0.39, 0.29) is 5.91 Å². The Morgan fingerprint density at radius 1 is 1.28 bits per heavy atom. The fourth-order valence-corrected chi connectivity index (χ4v) is 1.84. The van der Waals surface area contributed by atoms with E-state index >= 15 is 0 Å². The number of carbonyl (C=O) groups excluding carboxylic acids is 1. The van der Waals surface area contributed by atoms with Crippen molar-refractivity contribution in [3.8, 4) is 11.3 Å². The SMILES string of the molecule is CC(=O)Nc1ccc(-c2nc(C)n(N)c2C)cc1. The Hall–Kier alpha value is -2.30. The number of anilines is 1. The second kappa shape index (κ2) is 4.52. The largest absolute Gasteiger partial charge is 0.338 e. The third-order valence-electron chi connectivity index (χ3n) is 2.81. The molecule has 0 radical (unpaired) electrons. The molecule has 0 bridgehead atoms. The number of aromatic nitrogens is 2. The van der Waals surface area contributed by atoms with Gasteiger partial charge in [-0.3, -0.25) is 9.47 Å². The first-order valence-corrected chi connectivity index (χ1v) is 5.68. The minimum Gasteiger partial charge on any atom is -0.338 e. The molecule has 1 amide bonds. The van der Waals surface area contributed by atoms with Gasteiger partial charge in [0.05, 0.1) is 11.4 Å². The topological polar surface area (TPSA) is 72.9 Å². The molecule has 3 N–H and O–H groups in total. The van der Waals surface area contributed by atoms with Crippen LogP contribution >= 0.6 is 0 Å². The molecule has 0 saturated carbocycles. The molecule has 0 aliphatic carbocycles. The van der Waals surface area contributed by atoms with Crippen LogP contribution in [0.5, 0.6) is 0 Å². The van der Waals surface area contributed by atoms with Crippen LogP contribution in [-0.2, 0) is 4.79 Å². The average molecular weight is 244 g/mol. The molecule has 2 rings (SSSR count). The van der Waals surface area contributed by atoms with E-state index in [1.807, 2.05) is 38.1 Å². The van der Waals surface area contributed by atoms with Gasteiger partial charge in [0.1, 0.15) is 5.82 Å². The zero-order valence-corrected chi connectivity index (χ0v) is 10.7. The van der Waals surface area contributed by atoms with Crippen molar-refractivity contribution in [1.29, 1.82) is 0 Å². The molecule has 5 nitrogen and oxygen atoms in total. The predicted octanol–water partition coefficient (Wildman–Crippen LogP) is 1.84. The van der Waals surface area contributed by atoms with Gasteiger partial charge in [0.15, 0.2) is 0 Å². The van der Waals surface area contributed by atoms with Gasteiger partial charge in [-0.05, 0) is 26.0 Å². The third-order valence-corrected chi connectivity index (χ3v) is 2.81. The zero-order valence-electron chi connectivity index (χ0n) is 10.7. The standard InChI is InChI=1S/C13H16N4O/c1-8-13(15-9(2)17(8)14)11-4-6-12(7-5-11)16-10(3)18/h4-7H,14H2,1-3H3,(H,16,18). The second-order valence-electron chi connectivity index (χ2n) is 4.22. The van der Waals surface area contributed by atoms with Crippen LogP contribution in [0.1, 0.15) is 18.4 Å². The number of nitrogens with one attached hydrogen (secondary N) is 1. The molecule has 1 aromatic carbocycles. The van der Waals surface area contributed by atoms with Gasteiger partial charge >= 0.3 is 0 Å². The molecule has 0 aliphatic heterocycles. The minimum absolute atomic E-state index is 0.0824. The van der Waals surface area contributed by atoms with Gasteiger partial charge < -0.3 is 11.2 Å². The molecule has 94 valence electrons. The van der Waals surface area contributed by atoms with E-state index in [9.17, 15) is 4.79 Å². The van der Waals surface area contributed by atoms with Crippen molar-refractivity contribution in [2.75, 3.05) is 11.2 Å². The number of nitrogen functional groups attached to an aromatic ring is 1. The van der Waals surface area contributed by atoms with Crippen LogP contribution in [0, 0.1) is 13.8 Å². The zero-order chi connectivity index (χ0) is 13.3. The summed E-state index contributed by atoms with van der Waals surface area (Å²) >= 11 is 0. The van der Waals surface area contributed by atoms with Crippen molar-refractivity contribution in [1.82, 2.24) is 9.66 Å². The summed E-state index contributed by atoms with van der Waals surface area (Å²) in [6.07, 6.45) is 0. The molecule has 0 saturated heterocycles. The minimum atomic E-state index is -0.0824. The Morgan fingerprint density at radius 2 is 1.89 bits per heavy atom. The number of hydrogen-bond donors (Lipinski definition) is 2. The van der Waals surface area contributed by atoms with Gasteiger partial charge in [0.2, 0.25) is 5.91 Å². The quantitative estimate of drug-likeness (QED) is 0.792. The van der Waals surface area contributed by atoms with E-state index in [4.69, 9.17) is 5.84 Å². The van der Waals surface area contributed by atoms with E-state index in [1.165, 1.54) is 6.92 Å². The number of benzene rings is 1. The molecule has 2 aromatic rings. The lowest BCUT2D eigenvalue weighted by Crippen LogP contribution is -2.11. The van der Waals surface area contributed by atoms with E-state index in [1.54, 1.807) is 4.68 Å². The monoisotopic (exact) mass is 244 g/mol. The summed E-state index contributed by atoms with van der Waals surface area (Å²) in [6, 6.07) is 7.53.